The Labute approximate surface area is 87.5 Å². The van der Waals surface area contributed by atoms with Crippen molar-refractivity contribution in [3.8, 4) is 0 Å². The maximum Gasteiger partial charge on any atom is 0.239 e. The van der Waals surface area contributed by atoms with Crippen LogP contribution in [0.25, 0.3) is 0 Å². The number of nitrogens with one attached hydrogen (secondary N) is 1. The van der Waals surface area contributed by atoms with Crippen LogP contribution in [-0.2, 0) is 4.79 Å². The van der Waals surface area contributed by atoms with Crippen LogP contribution in [-0.4, -0.2) is 16.9 Å². The number of carbonyl (C=O) groups is 1. The van der Waals surface area contributed by atoms with Crippen LogP contribution >= 0.6 is 11.6 Å². The van der Waals surface area contributed by atoms with Crippen LogP contribution in [0.1, 0.15) is 13.3 Å². The van der Waals surface area contributed by atoms with Gasteiger partial charge in [0.2, 0.25) is 5.91 Å². The number of rotatable bonds is 4. The van der Waals surface area contributed by atoms with Crippen molar-refractivity contribution in [1.29, 1.82) is 0 Å². The molecular formula is C9H12ClN3O. The minimum Gasteiger partial charge on any atom is -0.368 e. The second-order valence-electron chi connectivity index (χ2n) is 2.85. The number of anilines is 1. The number of hydrogen-bond donors (Lipinski definition) is 2. The van der Waals surface area contributed by atoms with Crippen molar-refractivity contribution in [2.24, 2.45) is 5.73 Å². The summed E-state index contributed by atoms with van der Waals surface area (Å²) in [7, 11) is 0. The van der Waals surface area contributed by atoms with Gasteiger partial charge in [0.1, 0.15) is 17.0 Å². The van der Waals surface area contributed by atoms with Gasteiger partial charge in [0.05, 0.1) is 0 Å². The average Bonchev–Trinajstić information content (AvgIpc) is 2.14. The van der Waals surface area contributed by atoms with E-state index < -0.39 is 11.9 Å². The number of nitrogens with two attached hydrogens (primary N) is 1. The molecule has 0 fully saturated rings. The van der Waals surface area contributed by atoms with Crippen molar-refractivity contribution in [3.63, 3.8) is 0 Å². The zero-order chi connectivity index (χ0) is 10.6. The number of nitrogens with zero attached hydrogens (tertiary/aromatic N) is 1. The summed E-state index contributed by atoms with van der Waals surface area (Å²) in [5.74, 6) is 0.164. The molecule has 1 rings (SSSR count). The Hall–Kier alpha value is -1.29. The topological polar surface area (TPSA) is 68.0 Å². The molecule has 0 aliphatic rings. The van der Waals surface area contributed by atoms with Crippen molar-refractivity contribution >= 4 is 23.3 Å². The molecule has 1 aromatic rings. The number of hydrogen-bond acceptors (Lipinski definition) is 3. The molecule has 14 heavy (non-hydrogen) atoms. The molecular weight excluding hydrogens is 202 g/mol. The van der Waals surface area contributed by atoms with Crippen LogP contribution in [0.5, 0.6) is 0 Å². The second-order valence-corrected chi connectivity index (χ2v) is 3.24. The highest BCUT2D eigenvalue weighted by Crippen LogP contribution is 2.10. The molecule has 0 spiro atoms. The molecule has 5 heteroatoms. The first-order valence-electron chi connectivity index (χ1n) is 4.32. The molecule has 1 aromatic heterocycles. The number of pyridine rings is 1. The summed E-state index contributed by atoms with van der Waals surface area (Å²) in [6.07, 6.45) is 0.615. The van der Waals surface area contributed by atoms with E-state index in [1.165, 1.54) is 0 Å². The molecule has 0 aliphatic carbocycles. The Morgan fingerprint density at radius 2 is 2.43 bits per heavy atom. The van der Waals surface area contributed by atoms with Gasteiger partial charge in [-0.1, -0.05) is 24.6 Å². The van der Waals surface area contributed by atoms with E-state index in [1.807, 2.05) is 6.92 Å². The Morgan fingerprint density at radius 1 is 1.71 bits per heavy atom. The molecule has 1 atom stereocenters. The van der Waals surface area contributed by atoms with E-state index in [9.17, 15) is 4.79 Å². The van der Waals surface area contributed by atoms with E-state index in [1.54, 1.807) is 18.2 Å². The van der Waals surface area contributed by atoms with Gasteiger partial charge in [-0.2, -0.15) is 0 Å². The minimum atomic E-state index is -0.402. The van der Waals surface area contributed by atoms with Crippen LogP contribution in [0.15, 0.2) is 18.2 Å². The molecule has 1 unspecified atom stereocenters. The summed E-state index contributed by atoms with van der Waals surface area (Å²) in [5.41, 5.74) is 5.17. The Balaban J connectivity index is 2.72. The fraction of sp³-hybridized carbons (Fsp3) is 0.333. The molecule has 0 aromatic carbocycles. The lowest BCUT2D eigenvalue weighted by Crippen LogP contribution is -2.34. The summed E-state index contributed by atoms with van der Waals surface area (Å²) in [6, 6.07) is 4.75. The van der Waals surface area contributed by atoms with Crippen LogP contribution in [0.4, 0.5) is 5.82 Å². The molecule has 0 saturated heterocycles. The predicted molar refractivity (Wildman–Crippen MR) is 56.1 cm³/mol. The highest BCUT2D eigenvalue weighted by molar-refractivity contribution is 6.29. The third-order valence-electron chi connectivity index (χ3n) is 1.79. The van der Waals surface area contributed by atoms with E-state index >= 15 is 0 Å². The minimum absolute atomic E-state index is 0.384. The standard InChI is InChI=1S/C9H12ClN3O/c1-2-6(9(11)14)12-8-5-3-4-7(10)13-8/h3-6H,2H2,1H3,(H2,11,14)(H,12,13). The SMILES string of the molecule is CCC(Nc1cccc(Cl)n1)C(N)=O. The van der Waals surface area contributed by atoms with Gasteiger partial charge in [0, 0.05) is 0 Å². The third kappa shape index (κ3) is 2.88. The van der Waals surface area contributed by atoms with E-state index in [0.29, 0.717) is 17.4 Å². The van der Waals surface area contributed by atoms with Crippen LogP contribution in [0.2, 0.25) is 5.15 Å². The third-order valence-corrected chi connectivity index (χ3v) is 2.00. The van der Waals surface area contributed by atoms with Crippen LogP contribution in [0.3, 0.4) is 0 Å². The van der Waals surface area contributed by atoms with E-state index in [0.717, 1.165) is 0 Å². The Bertz CT molecular complexity index is 330. The number of halogens is 1. The van der Waals surface area contributed by atoms with Crippen molar-refractivity contribution < 1.29 is 4.79 Å². The van der Waals surface area contributed by atoms with E-state index in [4.69, 9.17) is 17.3 Å². The molecule has 1 heterocycles. The molecule has 0 saturated carbocycles. The first-order valence-corrected chi connectivity index (χ1v) is 4.69. The van der Waals surface area contributed by atoms with Crippen molar-refractivity contribution in [2.75, 3.05) is 5.32 Å². The van der Waals surface area contributed by atoms with Gasteiger partial charge in [-0.15, -0.1) is 0 Å². The van der Waals surface area contributed by atoms with Crippen LogP contribution in [0, 0.1) is 0 Å². The fourth-order valence-corrected chi connectivity index (χ4v) is 1.21. The fourth-order valence-electron chi connectivity index (χ4n) is 1.04. The van der Waals surface area contributed by atoms with Crippen molar-refractivity contribution in [2.45, 2.75) is 19.4 Å². The van der Waals surface area contributed by atoms with E-state index in [2.05, 4.69) is 10.3 Å². The summed E-state index contributed by atoms with van der Waals surface area (Å²) in [6.45, 7) is 1.87. The van der Waals surface area contributed by atoms with Gasteiger partial charge >= 0.3 is 0 Å². The van der Waals surface area contributed by atoms with Gasteiger partial charge in [-0.3, -0.25) is 4.79 Å². The molecule has 4 nitrogen and oxygen atoms in total. The first-order chi connectivity index (χ1) is 6.63. The zero-order valence-electron chi connectivity index (χ0n) is 7.83. The molecule has 0 radical (unpaired) electrons. The maximum atomic E-state index is 10.9. The molecule has 1 amide bonds. The number of amides is 1. The lowest BCUT2D eigenvalue weighted by molar-refractivity contribution is -0.118. The second kappa shape index (κ2) is 4.81. The quantitative estimate of drug-likeness (QED) is 0.744. The Morgan fingerprint density at radius 3 is 2.93 bits per heavy atom. The maximum absolute atomic E-state index is 10.9. The van der Waals surface area contributed by atoms with Gasteiger partial charge in [-0.05, 0) is 18.6 Å². The van der Waals surface area contributed by atoms with Gasteiger partial charge in [-0.25, -0.2) is 4.98 Å². The normalized spacial score (nSPS) is 12.1. The Kier molecular flexibility index (Phi) is 3.71. The number of carbonyl (C=O) groups excluding carboxylic acids is 1. The zero-order valence-corrected chi connectivity index (χ0v) is 8.58. The first kappa shape index (κ1) is 10.8. The summed E-state index contributed by atoms with van der Waals surface area (Å²) in [5, 5.41) is 3.28. The van der Waals surface area contributed by atoms with Crippen LogP contribution < -0.4 is 11.1 Å². The highest BCUT2D eigenvalue weighted by atomic mass is 35.5. The monoisotopic (exact) mass is 213 g/mol. The average molecular weight is 214 g/mol. The van der Waals surface area contributed by atoms with Crippen molar-refractivity contribution in [3.05, 3.63) is 23.4 Å². The molecule has 0 bridgehead atoms. The largest absolute Gasteiger partial charge is 0.368 e. The number of aromatic nitrogens is 1. The lowest BCUT2D eigenvalue weighted by atomic mass is 10.2. The number of primary amides is 1. The summed E-state index contributed by atoms with van der Waals surface area (Å²) >= 11 is 5.68. The smallest absolute Gasteiger partial charge is 0.239 e. The lowest BCUT2D eigenvalue weighted by Gasteiger charge is -2.13. The molecule has 76 valence electrons. The van der Waals surface area contributed by atoms with E-state index in [-0.39, 0.29) is 0 Å². The predicted octanol–water partition coefficient (Wildman–Crippen LogP) is 1.41. The van der Waals surface area contributed by atoms with Gasteiger partial charge in [0.15, 0.2) is 0 Å². The molecule has 0 aliphatic heterocycles. The van der Waals surface area contributed by atoms with Gasteiger partial charge < -0.3 is 11.1 Å². The molecule has 3 N–H and O–H groups in total. The van der Waals surface area contributed by atoms with Crippen molar-refractivity contribution in [1.82, 2.24) is 4.98 Å². The van der Waals surface area contributed by atoms with Gasteiger partial charge in [0.25, 0.3) is 0 Å². The highest BCUT2D eigenvalue weighted by Gasteiger charge is 2.12. The summed E-state index contributed by atoms with van der Waals surface area (Å²) < 4.78 is 0. The summed E-state index contributed by atoms with van der Waals surface area (Å²) in [4.78, 5) is 14.9.